The number of carbonyl (C=O) groups excluding carboxylic acids is 1. The van der Waals surface area contributed by atoms with E-state index in [1.165, 1.54) is 19.3 Å². The summed E-state index contributed by atoms with van der Waals surface area (Å²) in [4.78, 5) is 12.6. The quantitative estimate of drug-likeness (QED) is 0.795. The zero-order chi connectivity index (χ0) is 13.2. The van der Waals surface area contributed by atoms with Gasteiger partial charge in [0.15, 0.2) is 0 Å². The Morgan fingerprint density at radius 2 is 2.28 bits per heavy atom. The lowest BCUT2D eigenvalue weighted by molar-refractivity contribution is -0.135. The molecule has 2 fully saturated rings. The maximum absolute atomic E-state index is 12.6. The molecule has 0 aromatic heterocycles. The van der Waals surface area contributed by atoms with Gasteiger partial charge in [-0.3, -0.25) is 4.79 Å². The zero-order valence-electron chi connectivity index (χ0n) is 11.8. The molecule has 18 heavy (non-hydrogen) atoms. The van der Waals surface area contributed by atoms with E-state index in [1.807, 2.05) is 13.8 Å². The highest BCUT2D eigenvalue weighted by molar-refractivity contribution is 5.84. The molecule has 1 amide bonds. The van der Waals surface area contributed by atoms with Gasteiger partial charge in [-0.2, -0.15) is 0 Å². The lowest BCUT2D eigenvalue weighted by Crippen LogP contribution is -2.51. The summed E-state index contributed by atoms with van der Waals surface area (Å²) in [5, 5.41) is 6.51. The average Bonchev–Trinajstić information content (AvgIpc) is 2.81. The number of fused-ring (bicyclic) bond motifs is 1. The lowest BCUT2D eigenvalue weighted by Gasteiger charge is -2.38. The van der Waals surface area contributed by atoms with E-state index >= 15 is 0 Å². The predicted octanol–water partition coefficient (Wildman–Crippen LogP) is 1.31. The number of methoxy groups -OCH3 is 1. The van der Waals surface area contributed by atoms with Gasteiger partial charge in [0, 0.05) is 20.2 Å². The Morgan fingerprint density at radius 3 is 3.00 bits per heavy atom. The molecule has 0 aromatic rings. The average molecular weight is 254 g/mol. The molecule has 2 rings (SSSR count). The molecule has 104 valence electrons. The Labute approximate surface area is 110 Å². The first-order chi connectivity index (χ1) is 8.50. The van der Waals surface area contributed by atoms with Crippen LogP contribution in [0.15, 0.2) is 0 Å². The van der Waals surface area contributed by atoms with Crippen molar-refractivity contribution < 1.29 is 9.53 Å². The number of amides is 1. The molecule has 0 spiro atoms. The van der Waals surface area contributed by atoms with Gasteiger partial charge in [-0.25, -0.2) is 0 Å². The fourth-order valence-corrected chi connectivity index (χ4v) is 3.23. The second-order valence-electron chi connectivity index (χ2n) is 6.38. The van der Waals surface area contributed by atoms with Crippen LogP contribution in [0.3, 0.4) is 0 Å². The van der Waals surface area contributed by atoms with E-state index in [4.69, 9.17) is 4.74 Å². The molecule has 0 radical (unpaired) electrons. The summed E-state index contributed by atoms with van der Waals surface area (Å²) in [6.07, 6.45) is 4.67. The van der Waals surface area contributed by atoms with Crippen LogP contribution in [0.4, 0.5) is 0 Å². The smallest absolute Gasteiger partial charge is 0.227 e. The van der Waals surface area contributed by atoms with Crippen molar-refractivity contribution in [2.75, 3.05) is 26.7 Å². The zero-order valence-corrected chi connectivity index (χ0v) is 11.8. The first-order valence-electron chi connectivity index (χ1n) is 7.04. The van der Waals surface area contributed by atoms with Crippen molar-refractivity contribution in [1.29, 1.82) is 0 Å². The maximum Gasteiger partial charge on any atom is 0.227 e. The van der Waals surface area contributed by atoms with Crippen molar-refractivity contribution >= 4 is 5.91 Å². The summed E-state index contributed by atoms with van der Waals surface area (Å²) >= 11 is 0. The SMILES string of the molecule is COC(C)(C)CNC(=O)[C@@]12CCCC[C@H]1CNC2. The molecule has 2 aliphatic rings. The van der Waals surface area contributed by atoms with Crippen molar-refractivity contribution in [3.63, 3.8) is 0 Å². The molecule has 0 aromatic carbocycles. The van der Waals surface area contributed by atoms with Crippen LogP contribution in [0.5, 0.6) is 0 Å². The van der Waals surface area contributed by atoms with Gasteiger partial charge in [0.1, 0.15) is 0 Å². The molecular weight excluding hydrogens is 228 g/mol. The van der Waals surface area contributed by atoms with Gasteiger partial charge in [0.25, 0.3) is 0 Å². The van der Waals surface area contributed by atoms with E-state index in [-0.39, 0.29) is 16.9 Å². The molecule has 1 saturated carbocycles. The van der Waals surface area contributed by atoms with Gasteiger partial charge in [-0.15, -0.1) is 0 Å². The highest BCUT2D eigenvalue weighted by atomic mass is 16.5. The molecule has 1 aliphatic carbocycles. The number of rotatable bonds is 4. The van der Waals surface area contributed by atoms with Crippen molar-refractivity contribution in [2.24, 2.45) is 11.3 Å². The van der Waals surface area contributed by atoms with E-state index in [0.29, 0.717) is 12.5 Å². The topological polar surface area (TPSA) is 50.4 Å². The second-order valence-corrected chi connectivity index (χ2v) is 6.38. The third-order valence-corrected chi connectivity index (χ3v) is 4.72. The van der Waals surface area contributed by atoms with Crippen LogP contribution in [0, 0.1) is 11.3 Å². The fourth-order valence-electron chi connectivity index (χ4n) is 3.23. The minimum Gasteiger partial charge on any atom is -0.377 e. The van der Waals surface area contributed by atoms with Crippen LogP contribution in [0.1, 0.15) is 39.5 Å². The van der Waals surface area contributed by atoms with Gasteiger partial charge in [-0.05, 0) is 39.2 Å². The normalized spacial score (nSPS) is 32.1. The number of hydrogen-bond acceptors (Lipinski definition) is 3. The molecule has 4 heteroatoms. The molecule has 0 bridgehead atoms. The maximum atomic E-state index is 12.6. The van der Waals surface area contributed by atoms with Gasteiger partial charge in [0.05, 0.1) is 11.0 Å². The summed E-state index contributed by atoms with van der Waals surface area (Å²) in [6, 6.07) is 0. The highest BCUT2D eigenvalue weighted by Crippen LogP contribution is 2.43. The molecule has 0 unspecified atom stereocenters. The van der Waals surface area contributed by atoms with Crippen LogP contribution < -0.4 is 10.6 Å². The minimum atomic E-state index is -0.289. The molecule has 1 saturated heterocycles. The number of ether oxygens (including phenoxy) is 1. The Morgan fingerprint density at radius 1 is 1.50 bits per heavy atom. The minimum absolute atomic E-state index is 0.151. The van der Waals surface area contributed by atoms with Crippen LogP contribution in [0.25, 0.3) is 0 Å². The van der Waals surface area contributed by atoms with E-state index in [1.54, 1.807) is 7.11 Å². The van der Waals surface area contributed by atoms with E-state index in [0.717, 1.165) is 19.5 Å². The molecule has 2 atom stereocenters. The van der Waals surface area contributed by atoms with Crippen LogP contribution in [-0.2, 0) is 9.53 Å². The first kappa shape index (κ1) is 13.8. The predicted molar refractivity (Wildman–Crippen MR) is 71.4 cm³/mol. The summed E-state index contributed by atoms with van der Waals surface area (Å²) in [5.41, 5.74) is -0.440. The van der Waals surface area contributed by atoms with Crippen molar-refractivity contribution in [1.82, 2.24) is 10.6 Å². The van der Waals surface area contributed by atoms with Gasteiger partial charge >= 0.3 is 0 Å². The van der Waals surface area contributed by atoms with Gasteiger partial charge < -0.3 is 15.4 Å². The van der Waals surface area contributed by atoms with E-state index in [2.05, 4.69) is 10.6 Å². The Hall–Kier alpha value is -0.610. The third-order valence-electron chi connectivity index (χ3n) is 4.72. The standard InChI is InChI=1S/C14H26N2O2/c1-13(2,18-3)9-16-12(17)14-7-5-4-6-11(14)8-15-10-14/h11,15H,4-10H2,1-3H3,(H,16,17)/t11-,14+/m0/s1. The first-order valence-corrected chi connectivity index (χ1v) is 7.04. The number of hydrogen-bond donors (Lipinski definition) is 2. The Balaban J connectivity index is 1.99. The van der Waals surface area contributed by atoms with Crippen molar-refractivity contribution in [2.45, 2.75) is 45.1 Å². The Bertz CT molecular complexity index is 317. The van der Waals surface area contributed by atoms with E-state index in [9.17, 15) is 4.79 Å². The van der Waals surface area contributed by atoms with Crippen LogP contribution >= 0.6 is 0 Å². The van der Waals surface area contributed by atoms with Crippen LogP contribution in [-0.4, -0.2) is 38.3 Å². The third kappa shape index (κ3) is 2.54. The monoisotopic (exact) mass is 254 g/mol. The van der Waals surface area contributed by atoms with E-state index < -0.39 is 0 Å². The lowest BCUT2D eigenvalue weighted by atomic mass is 9.67. The number of nitrogens with one attached hydrogen (secondary N) is 2. The largest absolute Gasteiger partial charge is 0.377 e. The number of carbonyl (C=O) groups is 1. The Kier molecular flexibility index (Phi) is 3.97. The molecule has 4 nitrogen and oxygen atoms in total. The summed E-state index contributed by atoms with van der Waals surface area (Å²) in [7, 11) is 1.69. The summed E-state index contributed by atoms with van der Waals surface area (Å²) < 4.78 is 5.35. The van der Waals surface area contributed by atoms with Crippen LogP contribution in [0.2, 0.25) is 0 Å². The summed E-state index contributed by atoms with van der Waals surface area (Å²) in [6.45, 7) is 6.42. The fraction of sp³-hybridized carbons (Fsp3) is 0.929. The summed E-state index contributed by atoms with van der Waals surface area (Å²) in [5.74, 6) is 0.749. The molecular formula is C14H26N2O2. The molecule has 2 N–H and O–H groups in total. The molecule has 1 aliphatic heterocycles. The molecule has 1 heterocycles. The van der Waals surface area contributed by atoms with Gasteiger partial charge in [0.2, 0.25) is 5.91 Å². The second kappa shape index (κ2) is 5.17. The van der Waals surface area contributed by atoms with Crippen molar-refractivity contribution in [3.05, 3.63) is 0 Å². The highest BCUT2D eigenvalue weighted by Gasteiger charge is 2.49. The van der Waals surface area contributed by atoms with Crippen molar-refractivity contribution in [3.8, 4) is 0 Å². The van der Waals surface area contributed by atoms with Gasteiger partial charge in [-0.1, -0.05) is 12.8 Å².